The van der Waals surface area contributed by atoms with Gasteiger partial charge in [-0.15, -0.1) is 0 Å². The van der Waals surface area contributed by atoms with Crippen LogP contribution in [-0.4, -0.2) is 62.2 Å². The molecular weight excluding hydrogens is 230 g/mol. The number of piperidine rings is 1. The lowest BCUT2D eigenvalue weighted by Crippen LogP contribution is -2.39. The molecule has 1 heterocycles. The molecule has 1 saturated heterocycles. The summed E-state index contributed by atoms with van der Waals surface area (Å²) >= 11 is 0. The van der Waals surface area contributed by atoms with Crippen molar-refractivity contribution in [1.82, 2.24) is 4.90 Å². The quantitative estimate of drug-likeness (QED) is 0.638. The van der Waals surface area contributed by atoms with E-state index in [4.69, 9.17) is 14.6 Å². The van der Waals surface area contributed by atoms with Crippen molar-refractivity contribution in [3.05, 3.63) is 0 Å². The zero-order valence-electron chi connectivity index (χ0n) is 11.9. The number of aliphatic hydroxyl groups is 1. The zero-order chi connectivity index (χ0) is 13.2. The Hall–Kier alpha value is -0.160. The molecule has 1 aliphatic heterocycles. The maximum Gasteiger partial charge on any atom is 0.0701 e. The number of nitrogens with zero attached hydrogens (tertiary/aromatic N) is 1. The Balaban J connectivity index is 1.95. The second kappa shape index (κ2) is 9.73. The van der Waals surface area contributed by atoms with Crippen LogP contribution in [0.15, 0.2) is 0 Å². The van der Waals surface area contributed by atoms with E-state index in [1.807, 2.05) is 0 Å². The van der Waals surface area contributed by atoms with Crippen molar-refractivity contribution in [3.63, 3.8) is 0 Å². The molecule has 0 atom stereocenters. The molecule has 18 heavy (non-hydrogen) atoms. The SMILES string of the molecule is CC(C)CCOCCN1CCC(OCCO)CC1. The Morgan fingerprint density at radius 2 is 1.89 bits per heavy atom. The van der Waals surface area contributed by atoms with E-state index < -0.39 is 0 Å². The number of hydrogen-bond donors (Lipinski definition) is 1. The lowest BCUT2D eigenvalue weighted by Gasteiger charge is -2.31. The van der Waals surface area contributed by atoms with E-state index in [0.29, 0.717) is 12.7 Å². The summed E-state index contributed by atoms with van der Waals surface area (Å²) in [6, 6.07) is 0. The van der Waals surface area contributed by atoms with Gasteiger partial charge in [-0.3, -0.25) is 0 Å². The minimum atomic E-state index is 0.129. The molecule has 1 rings (SSSR count). The van der Waals surface area contributed by atoms with Gasteiger partial charge < -0.3 is 19.5 Å². The van der Waals surface area contributed by atoms with Gasteiger partial charge in [-0.05, 0) is 25.2 Å². The van der Waals surface area contributed by atoms with Gasteiger partial charge in [0.1, 0.15) is 0 Å². The van der Waals surface area contributed by atoms with Crippen molar-refractivity contribution in [3.8, 4) is 0 Å². The molecule has 0 spiro atoms. The number of ether oxygens (including phenoxy) is 2. The number of likely N-dealkylation sites (tertiary alicyclic amines) is 1. The van der Waals surface area contributed by atoms with Gasteiger partial charge in [0.2, 0.25) is 0 Å². The summed E-state index contributed by atoms with van der Waals surface area (Å²) in [7, 11) is 0. The number of rotatable bonds is 9. The molecule has 4 heteroatoms. The molecule has 0 amide bonds. The molecule has 1 fully saturated rings. The van der Waals surface area contributed by atoms with Crippen LogP contribution in [0.3, 0.4) is 0 Å². The molecule has 0 aromatic rings. The number of hydrogen-bond acceptors (Lipinski definition) is 4. The summed E-state index contributed by atoms with van der Waals surface area (Å²) in [5.41, 5.74) is 0. The highest BCUT2D eigenvalue weighted by Crippen LogP contribution is 2.13. The Morgan fingerprint density at radius 3 is 2.50 bits per heavy atom. The predicted octanol–water partition coefficient (Wildman–Crippen LogP) is 1.52. The van der Waals surface area contributed by atoms with Crippen LogP contribution >= 0.6 is 0 Å². The fourth-order valence-corrected chi connectivity index (χ4v) is 2.13. The van der Waals surface area contributed by atoms with Crippen LogP contribution in [0.25, 0.3) is 0 Å². The summed E-state index contributed by atoms with van der Waals surface area (Å²) in [4.78, 5) is 2.44. The highest BCUT2D eigenvalue weighted by molar-refractivity contribution is 4.72. The molecule has 4 nitrogen and oxygen atoms in total. The lowest BCUT2D eigenvalue weighted by molar-refractivity contribution is -0.0125. The van der Waals surface area contributed by atoms with Gasteiger partial charge in [0, 0.05) is 26.2 Å². The van der Waals surface area contributed by atoms with E-state index in [0.717, 1.165) is 58.0 Å². The second-order valence-corrected chi connectivity index (χ2v) is 5.43. The second-order valence-electron chi connectivity index (χ2n) is 5.43. The minimum absolute atomic E-state index is 0.129. The van der Waals surface area contributed by atoms with E-state index >= 15 is 0 Å². The van der Waals surface area contributed by atoms with Crippen molar-refractivity contribution < 1.29 is 14.6 Å². The van der Waals surface area contributed by atoms with Gasteiger partial charge in [0.05, 0.1) is 25.9 Å². The van der Waals surface area contributed by atoms with E-state index in [1.165, 1.54) is 0 Å². The van der Waals surface area contributed by atoms with Gasteiger partial charge in [-0.25, -0.2) is 0 Å². The van der Waals surface area contributed by atoms with Crippen molar-refractivity contribution in [2.75, 3.05) is 46.1 Å². The van der Waals surface area contributed by atoms with E-state index in [-0.39, 0.29) is 6.61 Å². The molecule has 0 unspecified atom stereocenters. The largest absolute Gasteiger partial charge is 0.394 e. The average Bonchev–Trinajstić information content (AvgIpc) is 2.37. The van der Waals surface area contributed by atoms with Crippen molar-refractivity contribution in [2.45, 2.75) is 39.2 Å². The normalized spacial score (nSPS) is 18.7. The molecule has 0 aliphatic carbocycles. The highest BCUT2D eigenvalue weighted by Gasteiger charge is 2.18. The van der Waals surface area contributed by atoms with Crippen molar-refractivity contribution >= 4 is 0 Å². The summed E-state index contributed by atoms with van der Waals surface area (Å²) in [6.45, 7) is 9.98. The Labute approximate surface area is 111 Å². The van der Waals surface area contributed by atoms with E-state index in [1.54, 1.807) is 0 Å². The number of aliphatic hydroxyl groups excluding tert-OH is 1. The molecule has 0 radical (unpaired) electrons. The van der Waals surface area contributed by atoms with Gasteiger partial charge in [0.25, 0.3) is 0 Å². The van der Waals surface area contributed by atoms with Crippen LogP contribution in [0.4, 0.5) is 0 Å². The van der Waals surface area contributed by atoms with Crippen LogP contribution in [0, 0.1) is 5.92 Å². The van der Waals surface area contributed by atoms with Gasteiger partial charge in [-0.1, -0.05) is 13.8 Å². The summed E-state index contributed by atoms with van der Waals surface area (Å²) in [5, 5.41) is 8.70. The Morgan fingerprint density at radius 1 is 1.17 bits per heavy atom. The zero-order valence-corrected chi connectivity index (χ0v) is 11.9. The summed E-state index contributed by atoms with van der Waals surface area (Å²) in [5.74, 6) is 0.726. The predicted molar refractivity (Wildman–Crippen MR) is 72.8 cm³/mol. The maximum atomic E-state index is 8.70. The van der Waals surface area contributed by atoms with Crippen LogP contribution in [0.2, 0.25) is 0 Å². The van der Waals surface area contributed by atoms with E-state index in [2.05, 4.69) is 18.7 Å². The first-order valence-electron chi connectivity index (χ1n) is 7.25. The first kappa shape index (κ1) is 15.9. The first-order chi connectivity index (χ1) is 8.72. The minimum Gasteiger partial charge on any atom is -0.394 e. The Kier molecular flexibility index (Phi) is 8.59. The third-order valence-electron chi connectivity index (χ3n) is 3.37. The summed E-state index contributed by atoms with van der Waals surface area (Å²) < 4.78 is 11.2. The summed E-state index contributed by atoms with van der Waals surface area (Å²) in [6.07, 6.45) is 3.64. The highest BCUT2D eigenvalue weighted by atomic mass is 16.5. The molecular formula is C14H29NO3. The van der Waals surface area contributed by atoms with Crippen LogP contribution in [-0.2, 0) is 9.47 Å². The third-order valence-corrected chi connectivity index (χ3v) is 3.37. The fraction of sp³-hybridized carbons (Fsp3) is 1.00. The smallest absolute Gasteiger partial charge is 0.0701 e. The van der Waals surface area contributed by atoms with Crippen molar-refractivity contribution in [1.29, 1.82) is 0 Å². The van der Waals surface area contributed by atoms with Gasteiger partial charge in [0.15, 0.2) is 0 Å². The molecule has 0 saturated carbocycles. The van der Waals surface area contributed by atoms with Crippen LogP contribution in [0.1, 0.15) is 33.1 Å². The van der Waals surface area contributed by atoms with Crippen LogP contribution in [0.5, 0.6) is 0 Å². The lowest BCUT2D eigenvalue weighted by atomic mass is 10.1. The topological polar surface area (TPSA) is 41.9 Å². The molecule has 1 aliphatic rings. The Bertz CT molecular complexity index is 191. The third kappa shape index (κ3) is 7.31. The molecule has 1 N–H and O–H groups in total. The molecule has 0 aromatic heterocycles. The van der Waals surface area contributed by atoms with Gasteiger partial charge >= 0.3 is 0 Å². The van der Waals surface area contributed by atoms with Gasteiger partial charge in [-0.2, -0.15) is 0 Å². The monoisotopic (exact) mass is 259 g/mol. The molecule has 0 bridgehead atoms. The average molecular weight is 259 g/mol. The molecule has 0 aromatic carbocycles. The fourth-order valence-electron chi connectivity index (χ4n) is 2.13. The van der Waals surface area contributed by atoms with E-state index in [9.17, 15) is 0 Å². The first-order valence-corrected chi connectivity index (χ1v) is 7.25. The van der Waals surface area contributed by atoms with Crippen molar-refractivity contribution in [2.24, 2.45) is 5.92 Å². The van der Waals surface area contributed by atoms with Crippen LogP contribution < -0.4 is 0 Å². The standard InChI is InChI=1S/C14H29NO3/c1-13(2)5-10-17-11-8-15-6-3-14(4-7-15)18-12-9-16/h13-14,16H,3-12H2,1-2H3. The molecule has 108 valence electrons. The maximum absolute atomic E-state index is 8.70.